The second kappa shape index (κ2) is 4.56. The van der Waals surface area contributed by atoms with Gasteiger partial charge >= 0.3 is 0 Å². The molecule has 0 aromatic heterocycles. The first-order valence-corrected chi connectivity index (χ1v) is 5.72. The Morgan fingerprint density at radius 1 is 1.31 bits per heavy atom. The molecule has 0 saturated carbocycles. The molecule has 1 aliphatic heterocycles. The lowest BCUT2D eigenvalue weighted by Gasteiger charge is -2.30. The lowest BCUT2D eigenvalue weighted by Crippen LogP contribution is -2.35. The van der Waals surface area contributed by atoms with E-state index in [1.165, 1.54) is 5.56 Å². The Kier molecular flexibility index (Phi) is 3.13. The maximum absolute atomic E-state index is 8.00. The van der Waals surface area contributed by atoms with Crippen LogP contribution in [0.15, 0.2) is 18.2 Å². The van der Waals surface area contributed by atoms with E-state index in [4.69, 9.17) is 10.1 Å². The van der Waals surface area contributed by atoms with Crippen LogP contribution in [0.3, 0.4) is 0 Å². The minimum atomic E-state index is 0.704. The number of rotatable bonds is 2. The molecule has 1 heterocycles. The molecule has 86 valence electrons. The van der Waals surface area contributed by atoms with Gasteiger partial charge in [0.15, 0.2) is 0 Å². The second-order valence-corrected chi connectivity index (χ2v) is 4.23. The van der Waals surface area contributed by atoms with Gasteiger partial charge in [-0.2, -0.15) is 0 Å². The Bertz CT molecular complexity index is 401. The highest BCUT2D eigenvalue weighted by atomic mass is 16.5. The first kappa shape index (κ1) is 11.0. The Morgan fingerprint density at radius 3 is 2.81 bits per heavy atom. The van der Waals surface area contributed by atoms with Gasteiger partial charge in [0.05, 0.1) is 12.8 Å². The van der Waals surface area contributed by atoms with Gasteiger partial charge in [-0.25, -0.2) is 0 Å². The summed E-state index contributed by atoms with van der Waals surface area (Å²) in [5, 5.41) is 8.00. The summed E-state index contributed by atoms with van der Waals surface area (Å²) in [7, 11) is 1.68. The van der Waals surface area contributed by atoms with Gasteiger partial charge in [-0.1, -0.05) is 6.07 Å². The molecule has 0 unspecified atom stereocenters. The number of amidine groups is 1. The molecule has 0 radical (unpaired) electrons. The highest BCUT2D eigenvalue weighted by Gasteiger charge is 2.19. The highest BCUT2D eigenvalue weighted by molar-refractivity contribution is 5.97. The van der Waals surface area contributed by atoms with Crippen LogP contribution >= 0.6 is 0 Å². The summed E-state index contributed by atoms with van der Waals surface area (Å²) in [4.78, 5) is 2.06. The molecule has 1 N–H and O–H groups in total. The number of anilines is 1. The monoisotopic (exact) mass is 218 g/mol. The number of nitrogens with zero attached hydrogens (tertiary/aromatic N) is 1. The molecule has 1 fully saturated rings. The van der Waals surface area contributed by atoms with Crippen molar-refractivity contribution in [1.82, 2.24) is 0 Å². The second-order valence-electron chi connectivity index (χ2n) is 4.23. The van der Waals surface area contributed by atoms with Crippen molar-refractivity contribution in [1.29, 1.82) is 5.41 Å². The van der Waals surface area contributed by atoms with E-state index in [0.717, 1.165) is 37.2 Å². The van der Waals surface area contributed by atoms with Gasteiger partial charge in [-0.05, 0) is 37.5 Å². The van der Waals surface area contributed by atoms with Crippen LogP contribution in [-0.2, 0) is 0 Å². The van der Waals surface area contributed by atoms with Gasteiger partial charge in [0.25, 0.3) is 0 Å². The van der Waals surface area contributed by atoms with Crippen LogP contribution in [0.5, 0.6) is 5.75 Å². The fourth-order valence-corrected chi connectivity index (χ4v) is 2.11. The Hall–Kier alpha value is -1.51. The van der Waals surface area contributed by atoms with Crippen LogP contribution in [0.2, 0.25) is 0 Å². The van der Waals surface area contributed by atoms with Gasteiger partial charge < -0.3 is 9.64 Å². The van der Waals surface area contributed by atoms with Crippen LogP contribution in [0.1, 0.15) is 24.8 Å². The smallest absolute Gasteiger partial charge is 0.142 e. The van der Waals surface area contributed by atoms with Crippen molar-refractivity contribution in [2.75, 3.05) is 18.6 Å². The normalized spacial score (nSPS) is 16.4. The molecular formula is C13H18N2O. The number of methoxy groups -OCH3 is 1. The summed E-state index contributed by atoms with van der Waals surface area (Å²) < 4.78 is 5.36. The van der Waals surface area contributed by atoms with Crippen LogP contribution < -0.4 is 9.64 Å². The molecule has 1 aliphatic rings. The predicted molar refractivity (Wildman–Crippen MR) is 66.7 cm³/mol. The third kappa shape index (κ3) is 2.03. The van der Waals surface area contributed by atoms with Crippen molar-refractivity contribution in [3.63, 3.8) is 0 Å². The van der Waals surface area contributed by atoms with E-state index in [-0.39, 0.29) is 0 Å². The molecule has 16 heavy (non-hydrogen) atoms. The Morgan fingerprint density at radius 2 is 2.12 bits per heavy atom. The van der Waals surface area contributed by atoms with Crippen molar-refractivity contribution in [3.05, 3.63) is 23.8 Å². The van der Waals surface area contributed by atoms with Gasteiger partial charge in [0, 0.05) is 13.0 Å². The molecule has 1 aromatic carbocycles. The summed E-state index contributed by atoms with van der Waals surface area (Å²) in [6.45, 7) is 3.00. The molecule has 0 aliphatic carbocycles. The minimum Gasteiger partial charge on any atom is -0.495 e. The Labute approximate surface area is 96.5 Å². The number of nitrogens with one attached hydrogen (secondary N) is 1. The van der Waals surface area contributed by atoms with Gasteiger partial charge in [0.1, 0.15) is 11.6 Å². The lowest BCUT2D eigenvalue weighted by molar-refractivity contribution is 0.415. The van der Waals surface area contributed by atoms with E-state index in [9.17, 15) is 0 Å². The SMILES string of the molecule is COc1ccc(C)cc1N1CCCCC1=N. The summed E-state index contributed by atoms with van der Waals surface area (Å²) in [5.74, 6) is 1.56. The van der Waals surface area contributed by atoms with Crippen LogP contribution in [0.4, 0.5) is 5.69 Å². The van der Waals surface area contributed by atoms with Crippen LogP contribution in [-0.4, -0.2) is 19.5 Å². The zero-order valence-corrected chi connectivity index (χ0v) is 9.92. The number of aryl methyl sites for hydroxylation is 1. The van der Waals surface area contributed by atoms with E-state index in [1.54, 1.807) is 7.11 Å². The third-order valence-corrected chi connectivity index (χ3v) is 3.00. The molecule has 3 nitrogen and oxygen atoms in total. The van der Waals surface area contributed by atoms with Crippen molar-refractivity contribution in [2.24, 2.45) is 0 Å². The van der Waals surface area contributed by atoms with Crippen molar-refractivity contribution in [3.8, 4) is 5.75 Å². The topological polar surface area (TPSA) is 36.3 Å². The van der Waals surface area contributed by atoms with E-state index >= 15 is 0 Å². The quantitative estimate of drug-likeness (QED) is 0.828. The number of benzene rings is 1. The van der Waals surface area contributed by atoms with Crippen LogP contribution in [0.25, 0.3) is 0 Å². The molecule has 0 atom stereocenters. The maximum Gasteiger partial charge on any atom is 0.142 e. The average Bonchev–Trinajstić information content (AvgIpc) is 2.29. The molecule has 2 rings (SSSR count). The maximum atomic E-state index is 8.00. The summed E-state index contributed by atoms with van der Waals surface area (Å²) in [6, 6.07) is 6.11. The standard InChI is InChI=1S/C13H18N2O/c1-10-6-7-12(16-2)11(9-10)15-8-4-3-5-13(15)14/h6-7,9,14H,3-5,8H2,1-2H3. The third-order valence-electron chi connectivity index (χ3n) is 3.00. The van der Waals surface area contributed by atoms with Gasteiger partial charge in [0.2, 0.25) is 0 Å². The first-order valence-electron chi connectivity index (χ1n) is 5.72. The average molecular weight is 218 g/mol. The first-order chi connectivity index (χ1) is 7.72. The lowest BCUT2D eigenvalue weighted by atomic mass is 10.1. The highest BCUT2D eigenvalue weighted by Crippen LogP contribution is 2.31. The zero-order valence-electron chi connectivity index (χ0n) is 9.92. The number of hydrogen-bond donors (Lipinski definition) is 1. The summed E-state index contributed by atoms with van der Waals surface area (Å²) in [6.07, 6.45) is 3.15. The largest absolute Gasteiger partial charge is 0.495 e. The number of ether oxygens (including phenoxy) is 1. The van der Waals surface area contributed by atoms with Gasteiger partial charge in [-0.3, -0.25) is 5.41 Å². The van der Waals surface area contributed by atoms with E-state index in [0.29, 0.717) is 5.84 Å². The molecule has 1 aromatic rings. The van der Waals surface area contributed by atoms with E-state index < -0.39 is 0 Å². The molecule has 0 bridgehead atoms. The predicted octanol–water partition coefficient (Wildman–Crippen LogP) is 2.97. The molecule has 0 spiro atoms. The van der Waals surface area contributed by atoms with Crippen molar-refractivity contribution < 1.29 is 4.74 Å². The summed E-state index contributed by atoms with van der Waals surface area (Å²) >= 11 is 0. The summed E-state index contributed by atoms with van der Waals surface area (Å²) in [5.41, 5.74) is 2.24. The van der Waals surface area contributed by atoms with Gasteiger partial charge in [-0.15, -0.1) is 0 Å². The molecule has 0 amide bonds. The minimum absolute atomic E-state index is 0.704. The molecule has 3 heteroatoms. The van der Waals surface area contributed by atoms with Crippen LogP contribution in [0, 0.1) is 12.3 Å². The Balaban J connectivity index is 2.36. The fraction of sp³-hybridized carbons (Fsp3) is 0.462. The van der Waals surface area contributed by atoms with E-state index in [2.05, 4.69) is 17.9 Å². The zero-order chi connectivity index (χ0) is 11.5. The van der Waals surface area contributed by atoms with Crippen molar-refractivity contribution >= 4 is 11.5 Å². The fourth-order valence-electron chi connectivity index (χ4n) is 2.11. The number of hydrogen-bond acceptors (Lipinski definition) is 2. The number of piperidine rings is 1. The molecular weight excluding hydrogens is 200 g/mol. The molecule has 1 saturated heterocycles. The van der Waals surface area contributed by atoms with E-state index in [1.807, 2.05) is 12.1 Å². The van der Waals surface area contributed by atoms with Crippen molar-refractivity contribution in [2.45, 2.75) is 26.2 Å².